The van der Waals surface area contributed by atoms with Gasteiger partial charge in [0.2, 0.25) is 0 Å². The Bertz CT molecular complexity index is 611. The average Bonchev–Trinajstić information content (AvgIpc) is 2.60. The highest BCUT2D eigenvalue weighted by Gasteiger charge is 2.63. The lowest BCUT2D eigenvalue weighted by Crippen LogP contribution is -2.60. The number of fused-ring (bicyclic) bond motifs is 1. The molecule has 2 fully saturated rings. The van der Waals surface area contributed by atoms with E-state index in [0.29, 0.717) is 25.0 Å². The highest BCUT2D eigenvalue weighted by molar-refractivity contribution is 6.06. The standard InChI is InChI=1S/C19H25NO4/c1-14-11-19(22-2)15(10-16(14)21)12-18(19,13-20)7-5-9-24-17-6-3-4-8-23-17/h10-11,17H,3-9,12H2,1-2H3. The molecule has 0 radical (unpaired) electrons. The van der Waals surface area contributed by atoms with Crippen LogP contribution in [0.25, 0.3) is 0 Å². The van der Waals surface area contributed by atoms with E-state index in [-0.39, 0.29) is 12.1 Å². The van der Waals surface area contributed by atoms with E-state index in [2.05, 4.69) is 6.07 Å². The molecule has 1 saturated heterocycles. The molecule has 0 amide bonds. The number of nitrogens with zero attached hydrogens (tertiary/aromatic N) is 1. The van der Waals surface area contributed by atoms with Gasteiger partial charge in [0, 0.05) is 20.3 Å². The maximum Gasteiger partial charge on any atom is 0.181 e. The lowest BCUT2D eigenvalue weighted by atomic mass is 9.50. The summed E-state index contributed by atoms with van der Waals surface area (Å²) in [6.45, 7) is 3.13. The Balaban J connectivity index is 1.62. The summed E-state index contributed by atoms with van der Waals surface area (Å²) in [6, 6.07) is 2.47. The van der Waals surface area contributed by atoms with Crippen molar-refractivity contribution in [2.45, 2.75) is 57.3 Å². The molecule has 5 heteroatoms. The van der Waals surface area contributed by atoms with Gasteiger partial charge in [-0.05, 0) is 68.7 Å². The normalized spacial score (nSPS) is 35.4. The van der Waals surface area contributed by atoms with Gasteiger partial charge in [-0.25, -0.2) is 0 Å². The SMILES string of the molecule is COC12C=C(C)C(=O)C=C1CC2(C#N)CCCOC1CCCCO1. The van der Waals surface area contributed by atoms with Crippen LogP contribution in [0, 0.1) is 16.7 Å². The van der Waals surface area contributed by atoms with Crippen LogP contribution >= 0.6 is 0 Å². The number of nitriles is 1. The molecule has 3 atom stereocenters. The fourth-order valence-corrected chi connectivity index (χ4v) is 4.09. The van der Waals surface area contributed by atoms with Crippen molar-refractivity contribution in [2.75, 3.05) is 20.3 Å². The predicted molar refractivity (Wildman–Crippen MR) is 88.0 cm³/mol. The zero-order valence-electron chi connectivity index (χ0n) is 14.5. The zero-order valence-corrected chi connectivity index (χ0v) is 14.5. The first-order valence-electron chi connectivity index (χ1n) is 8.71. The van der Waals surface area contributed by atoms with E-state index in [0.717, 1.165) is 37.9 Å². The van der Waals surface area contributed by atoms with Crippen molar-refractivity contribution in [3.05, 3.63) is 23.3 Å². The Kier molecular flexibility index (Phi) is 4.91. The van der Waals surface area contributed by atoms with Gasteiger partial charge in [0.15, 0.2) is 12.1 Å². The highest BCUT2D eigenvalue weighted by atomic mass is 16.7. The Labute approximate surface area is 143 Å². The summed E-state index contributed by atoms with van der Waals surface area (Å²) in [4.78, 5) is 11.9. The van der Waals surface area contributed by atoms with E-state index in [1.165, 1.54) is 0 Å². The molecule has 0 aromatic rings. The molecule has 1 heterocycles. The van der Waals surface area contributed by atoms with Crippen molar-refractivity contribution in [3.8, 4) is 6.07 Å². The maximum atomic E-state index is 11.9. The Morgan fingerprint density at radius 2 is 2.29 bits per heavy atom. The number of ketones is 1. The molecule has 0 spiro atoms. The summed E-state index contributed by atoms with van der Waals surface area (Å²) in [5.41, 5.74) is 0.193. The molecule has 3 aliphatic rings. The number of hydrogen-bond donors (Lipinski definition) is 0. The maximum absolute atomic E-state index is 11.9. The molecule has 1 aliphatic heterocycles. The number of allylic oxidation sites excluding steroid dienone is 2. The molecule has 2 aliphatic carbocycles. The van der Waals surface area contributed by atoms with E-state index in [4.69, 9.17) is 14.2 Å². The van der Waals surface area contributed by atoms with Crippen LogP contribution in [-0.2, 0) is 19.0 Å². The molecule has 0 aromatic carbocycles. The highest BCUT2D eigenvalue weighted by Crippen LogP contribution is 2.60. The number of carbonyl (C=O) groups excluding carboxylic acids is 1. The van der Waals surface area contributed by atoms with Gasteiger partial charge < -0.3 is 14.2 Å². The van der Waals surface area contributed by atoms with Crippen LogP contribution < -0.4 is 0 Å². The average molecular weight is 331 g/mol. The first kappa shape index (κ1) is 17.3. The summed E-state index contributed by atoms with van der Waals surface area (Å²) >= 11 is 0. The van der Waals surface area contributed by atoms with Crippen LogP contribution in [0.2, 0.25) is 0 Å². The van der Waals surface area contributed by atoms with Crippen molar-refractivity contribution in [1.29, 1.82) is 5.26 Å². The second-order valence-corrected chi connectivity index (χ2v) is 6.94. The van der Waals surface area contributed by atoms with E-state index < -0.39 is 11.0 Å². The lowest BCUT2D eigenvalue weighted by Gasteiger charge is -2.56. The molecule has 24 heavy (non-hydrogen) atoms. The van der Waals surface area contributed by atoms with Crippen molar-refractivity contribution in [2.24, 2.45) is 5.41 Å². The molecule has 3 rings (SSSR count). The number of rotatable bonds is 6. The van der Waals surface area contributed by atoms with Gasteiger partial charge in [-0.2, -0.15) is 5.26 Å². The summed E-state index contributed by atoms with van der Waals surface area (Å²) in [5, 5.41) is 9.84. The summed E-state index contributed by atoms with van der Waals surface area (Å²) in [7, 11) is 1.62. The third-order valence-corrected chi connectivity index (χ3v) is 5.52. The van der Waals surface area contributed by atoms with E-state index in [9.17, 15) is 10.1 Å². The van der Waals surface area contributed by atoms with Crippen LogP contribution in [0.1, 0.15) is 45.4 Å². The second kappa shape index (κ2) is 6.79. The predicted octanol–water partition coefficient (Wildman–Crippen LogP) is 3.06. The van der Waals surface area contributed by atoms with Crippen LogP contribution in [-0.4, -0.2) is 38.0 Å². The molecular weight excluding hydrogens is 306 g/mol. The molecule has 0 aromatic heterocycles. The molecule has 0 N–H and O–H groups in total. The number of hydrogen-bond acceptors (Lipinski definition) is 5. The van der Waals surface area contributed by atoms with Gasteiger partial charge in [0.05, 0.1) is 11.5 Å². The molecule has 3 unspecified atom stereocenters. The zero-order chi connectivity index (χ0) is 17.2. The first-order valence-corrected chi connectivity index (χ1v) is 8.71. The van der Waals surface area contributed by atoms with Crippen molar-refractivity contribution >= 4 is 5.78 Å². The molecule has 130 valence electrons. The number of methoxy groups -OCH3 is 1. The van der Waals surface area contributed by atoms with Crippen LogP contribution in [0.3, 0.4) is 0 Å². The van der Waals surface area contributed by atoms with Gasteiger partial charge in [0.1, 0.15) is 5.60 Å². The summed E-state index contributed by atoms with van der Waals surface area (Å²) < 4.78 is 17.1. The van der Waals surface area contributed by atoms with Crippen molar-refractivity contribution in [3.63, 3.8) is 0 Å². The fraction of sp³-hybridized carbons (Fsp3) is 0.684. The fourth-order valence-electron chi connectivity index (χ4n) is 4.09. The second-order valence-electron chi connectivity index (χ2n) is 6.94. The first-order chi connectivity index (χ1) is 11.6. The van der Waals surface area contributed by atoms with Gasteiger partial charge >= 0.3 is 0 Å². The third kappa shape index (κ3) is 2.73. The number of ether oxygens (including phenoxy) is 3. The molecule has 1 saturated carbocycles. The minimum absolute atomic E-state index is 0.0157. The van der Waals surface area contributed by atoms with E-state index in [1.54, 1.807) is 20.1 Å². The Morgan fingerprint density at radius 1 is 1.46 bits per heavy atom. The minimum Gasteiger partial charge on any atom is -0.368 e. The number of carbonyl (C=O) groups is 1. The van der Waals surface area contributed by atoms with Crippen LogP contribution in [0.4, 0.5) is 0 Å². The van der Waals surface area contributed by atoms with E-state index >= 15 is 0 Å². The van der Waals surface area contributed by atoms with Gasteiger partial charge in [-0.1, -0.05) is 0 Å². The van der Waals surface area contributed by atoms with Gasteiger partial charge in [-0.15, -0.1) is 0 Å². The summed E-state index contributed by atoms with van der Waals surface area (Å²) in [5.74, 6) is 0.0157. The Hall–Kier alpha value is -1.48. The van der Waals surface area contributed by atoms with E-state index in [1.807, 2.05) is 6.08 Å². The quantitative estimate of drug-likeness (QED) is 0.700. The smallest absolute Gasteiger partial charge is 0.181 e. The monoisotopic (exact) mass is 331 g/mol. The topological polar surface area (TPSA) is 68.6 Å². The van der Waals surface area contributed by atoms with Crippen LogP contribution in [0.15, 0.2) is 23.3 Å². The van der Waals surface area contributed by atoms with Gasteiger partial charge in [-0.3, -0.25) is 4.79 Å². The minimum atomic E-state index is -0.749. The molecular formula is C19H25NO4. The van der Waals surface area contributed by atoms with Crippen molar-refractivity contribution < 1.29 is 19.0 Å². The lowest BCUT2D eigenvalue weighted by molar-refractivity contribution is -0.165. The largest absolute Gasteiger partial charge is 0.368 e. The molecule has 0 bridgehead atoms. The summed E-state index contributed by atoms with van der Waals surface area (Å²) in [6.07, 6.45) is 8.61. The van der Waals surface area contributed by atoms with Crippen LogP contribution in [0.5, 0.6) is 0 Å². The van der Waals surface area contributed by atoms with Crippen molar-refractivity contribution in [1.82, 2.24) is 0 Å². The third-order valence-electron chi connectivity index (χ3n) is 5.52. The molecule has 5 nitrogen and oxygen atoms in total. The van der Waals surface area contributed by atoms with Gasteiger partial charge in [0.25, 0.3) is 0 Å². The Morgan fingerprint density at radius 3 is 2.96 bits per heavy atom.